The van der Waals surface area contributed by atoms with Crippen molar-refractivity contribution in [2.24, 2.45) is 0 Å². The lowest BCUT2D eigenvalue weighted by Gasteiger charge is -2.36. The summed E-state index contributed by atoms with van der Waals surface area (Å²) >= 11 is 0. The fourth-order valence-corrected chi connectivity index (χ4v) is 3.60. The molecule has 1 N–H and O–H groups in total. The monoisotopic (exact) mass is 352 g/mol. The van der Waals surface area contributed by atoms with Crippen LogP contribution in [0.4, 0.5) is 5.82 Å². The summed E-state index contributed by atoms with van der Waals surface area (Å²) in [7, 11) is 5.96. The number of piperidine rings is 1. The van der Waals surface area contributed by atoms with Crippen molar-refractivity contribution in [1.29, 1.82) is 0 Å². The Labute approximate surface area is 156 Å². The lowest BCUT2D eigenvalue weighted by Crippen LogP contribution is -2.38. The molecule has 0 bridgehead atoms. The zero-order valence-corrected chi connectivity index (χ0v) is 15.9. The van der Waals surface area contributed by atoms with Crippen LogP contribution in [0.25, 0.3) is 0 Å². The molecule has 138 valence electrons. The molecule has 26 heavy (non-hydrogen) atoms. The van der Waals surface area contributed by atoms with Gasteiger partial charge in [0.15, 0.2) is 0 Å². The molecule has 0 saturated carbocycles. The van der Waals surface area contributed by atoms with Gasteiger partial charge in [-0.1, -0.05) is 24.3 Å². The average Bonchev–Trinajstić information content (AvgIpc) is 2.67. The molecule has 1 fully saturated rings. The van der Waals surface area contributed by atoms with Crippen LogP contribution in [0.1, 0.15) is 46.8 Å². The van der Waals surface area contributed by atoms with Crippen LogP contribution in [0.5, 0.6) is 0 Å². The predicted molar refractivity (Wildman–Crippen MR) is 105 cm³/mol. The van der Waals surface area contributed by atoms with E-state index in [0.29, 0.717) is 5.56 Å². The normalized spacial score (nSPS) is 17.4. The summed E-state index contributed by atoms with van der Waals surface area (Å²) in [4.78, 5) is 21.5. The molecule has 2 aromatic rings. The minimum Gasteiger partial charge on any atom is -0.373 e. The maximum absolute atomic E-state index is 13.1. The van der Waals surface area contributed by atoms with Gasteiger partial charge in [0.25, 0.3) is 5.91 Å². The Morgan fingerprint density at radius 2 is 2.00 bits per heavy atom. The van der Waals surface area contributed by atoms with Crippen LogP contribution >= 0.6 is 0 Å². The van der Waals surface area contributed by atoms with Gasteiger partial charge in [-0.2, -0.15) is 0 Å². The summed E-state index contributed by atoms with van der Waals surface area (Å²) in [6, 6.07) is 12.5. The molecule has 5 heteroatoms. The number of rotatable bonds is 5. The number of nitrogens with one attached hydrogen (secondary N) is 1. The van der Waals surface area contributed by atoms with E-state index in [1.807, 2.05) is 18.0 Å². The molecular weight excluding hydrogens is 324 g/mol. The van der Waals surface area contributed by atoms with Crippen molar-refractivity contribution < 1.29 is 4.79 Å². The summed E-state index contributed by atoms with van der Waals surface area (Å²) < 4.78 is 0. The highest BCUT2D eigenvalue weighted by molar-refractivity contribution is 5.95. The molecule has 5 nitrogen and oxygen atoms in total. The SMILES string of the molecule is CNc1cc(C(=O)N2CCCCC2c2ccc(CN(C)C)cc2)ccn1. The second kappa shape index (κ2) is 8.32. The van der Waals surface area contributed by atoms with E-state index in [-0.39, 0.29) is 11.9 Å². The van der Waals surface area contributed by atoms with E-state index in [1.54, 1.807) is 12.3 Å². The second-order valence-corrected chi connectivity index (χ2v) is 7.17. The number of likely N-dealkylation sites (tertiary alicyclic amines) is 1. The zero-order valence-electron chi connectivity index (χ0n) is 15.9. The number of carbonyl (C=O) groups is 1. The Morgan fingerprint density at radius 3 is 2.69 bits per heavy atom. The Balaban J connectivity index is 1.82. The Morgan fingerprint density at radius 1 is 1.23 bits per heavy atom. The molecular formula is C21H28N4O. The Kier molecular flexibility index (Phi) is 5.89. The number of amides is 1. The summed E-state index contributed by atoms with van der Waals surface area (Å²) in [5, 5.41) is 3.00. The molecule has 2 heterocycles. The van der Waals surface area contributed by atoms with Crippen molar-refractivity contribution >= 4 is 11.7 Å². The summed E-state index contributed by atoms with van der Waals surface area (Å²) in [6.07, 6.45) is 4.92. The summed E-state index contributed by atoms with van der Waals surface area (Å²) in [6.45, 7) is 1.73. The number of nitrogens with zero attached hydrogens (tertiary/aromatic N) is 3. The first-order chi connectivity index (χ1) is 12.6. The van der Waals surface area contributed by atoms with E-state index in [9.17, 15) is 4.79 Å². The average molecular weight is 352 g/mol. The van der Waals surface area contributed by atoms with E-state index in [0.717, 1.165) is 38.2 Å². The van der Waals surface area contributed by atoms with Gasteiger partial charge in [-0.3, -0.25) is 4.79 Å². The number of pyridine rings is 1. The first-order valence-electron chi connectivity index (χ1n) is 9.27. The molecule has 1 aromatic carbocycles. The van der Waals surface area contributed by atoms with Gasteiger partial charge in [0, 0.05) is 31.9 Å². The van der Waals surface area contributed by atoms with Crippen LogP contribution in [0.3, 0.4) is 0 Å². The zero-order chi connectivity index (χ0) is 18.5. The van der Waals surface area contributed by atoms with Gasteiger partial charge in [0.1, 0.15) is 5.82 Å². The van der Waals surface area contributed by atoms with Crippen LogP contribution in [0, 0.1) is 0 Å². The molecule has 1 aliphatic rings. The number of hydrogen-bond donors (Lipinski definition) is 1. The van der Waals surface area contributed by atoms with Crippen LogP contribution in [-0.4, -0.2) is 48.4 Å². The predicted octanol–water partition coefficient (Wildman–Crippen LogP) is 3.55. The van der Waals surface area contributed by atoms with Crippen molar-refractivity contribution in [3.63, 3.8) is 0 Å². The Bertz CT molecular complexity index is 742. The molecule has 1 aromatic heterocycles. The largest absolute Gasteiger partial charge is 0.373 e. The van der Waals surface area contributed by atoms with Crippen LogP contribution < -0.4 is 5.32 Å². The van der Waals surface area contributed by atoms with E-state index < -0.39 is 0 Å². The van der Waals surface area contributed by atoms with Gasteiger partial charge in [0.05, 0.1) is 6.04 Å². The fourth-order valence-electron chi connectivity index (χ4n) is 3.60. The molecule has 1 saturated heterocycles. The van der Waals surface area contributed by atoms with Gasteiger partial charge < -0.3 is 15.1 Å². The topological polar surface area (TPSA) is 48.5 Å². The van der Waals surface area contributed by atoms with E-state index >= 15 is 0 Å². The standard InChI is InChI=1S/C21H28N4O/c1-22-20-14-18(11-12-23-20)21(26)25-13-5-4-6-19(25)17-9-7-16(8-10-17)15-24(2)3/h7-12,14,19H,4-6,13,15H2,1-3H3,(H,22,23). The number of carbonyl (C=O) groups excluding carboxylic acids is 1. The first kappa shape index (κ1) is 18.4. The number of anilines is 1. The molecule has 0 spiro atoms. The maximum atomic E-state index is 13.1. The second-order valence-electron chi connectivity index (χ2n) is 7.17. The van der Waals surface area contributed by atoms with Crippen LogP contribution in [-0.2, 0) is 6.54 Å². The number of benzene rings is 1. The van der Waals surface area contributed by atoms with Crippen LogP contribution in [0.2, 0.25) is 0 Å². The highest BCUT2D eigenvalue weighted by Crippen LogP contribution is 2.32. The molecule has 0 radical (unpaired) electrons. The third-order valence-electron chi connectivity index (χ3n) is 4.89. The van der Waals surface area contributed by atoms with Crippen molar-refractivity contribution in [1.82, 2.24) is 14.8 Å². The summed E-state index contributed by atoms with van der Waals surface area (Å²) in [5.74, 6) is 0.809. The third kappa shape index (κ3) is 4.22. The van der Waals surface area contributed by atoms with E-state index in [4.69, 9.17) is 0 Å². The van der Waals surface area contributed by atoms with Gasteiger partial charge >= 0.3 is 0 Å². The van der Waals surface area contributed by atoms with Gasteiger partial charge in [-0.25, -0.2) is 4.98 Å². The highest BCUT2D eigenvalue weighted by atomic mass is 16.2. The fraction of sp³-hybridized carbons (Fsp3) is 0.429. The number of hydrogen-bond acceptors (Lipinski definition) is 4. The Hall–Kier alpha value is -2.40. The molecule has 1 amide bonds. The molecule has 1 aliphatic heterocycles. The molecule has 3 rings (SSSR count). The quantitative estimate of drug-likeness (QED) is 0.894. The van der Waals surface area contributed by atoms with Gasteiger partial charge in [-0.15, -0.1) is 0 Å². The minimum absolute atomic E-state index is 0.0889. The van der Waals surface area contributed by atoms with Gasteiger partial charge in [-0.05, 0) is 56.6 Å². The molecule has 1 unspecified atom stereocenters. The van der Waals surface area contributed by atoms with E-state index in [2.05, 4.69) is 53.6 Å². The highest BCUT2D eigenvalue weighted by Gasteiger charge is 2.28. The minimum atomic E-state index is 0.0889. The van der Waals surface area contributed by atoms with Crippen molar-refractivity contribution in [2.75, 3.05) is 33.0 Å². The van der Waals surface area contributed by atoms with E-state index in [1.165, 1.54) is 11.1 Å². The van der Waals surface area contributed by atoms with Crippen molar-refractivity contribution in [2.45, 2.75) is 31.8 Å². The lowest BCUT2D eigenvalue weighted by molar-refractivity contribution is 0.0611. The molecule has 0 aliphatic carbocycles. The maximum Gasteiger partial charge on any atom is 0.254 e. The summed E-state index contributed by atoms with van der Waals surface area (Å²) in [5.41, 5.74) is 3.21. The van der Waals surface area contributed by atoms with Crippen molar-refractivity contribution in [3.8, 4) is 0 Å². The van der Waals surface area contributed by atoms with Gasteiger partial charge in [0.2, 0.25) is 0 Å². The molecule has 1 atom stereocenters. The van der Waals surface area contributed by atoms with Crippen molar-refractivity contribution in [3.05, 3.63) is 59.3 Å². The first-order valence-corrected chi connectivity index (χ1v) is 9.27. The third-order valence-corrected chi connectivity index (χ3v) is 4.89. The van der Waals surface area contributed by atoms with Crippen LogP contribution in [0.15, 0.2) is 42.6 Å². The lowest BCUT2D eigenvalue weighted by atomic mass is 9.93. The number of aromatic nitrogens is 1. The smallest absolute Gasteiger partial charge is 0.254 e.